The highest BCUT2D eigenvalue weighted by molar-refractivity contribution is 5.90. The van der Waals surface area contributed by atoms with Gasteiger partial charge in [0.05, 0.1) is 18.1 Å². The van der Waals surface area contributed by atoms with Crippen molar-refractivity contribution in [1.29, 1.82) is 0 Å². The van der Waals surface area contributed by atoms with Gasteiger partial charge in [-0.1, -0.05) is 49.2 Å². The highest BCUT2D eigenvalue weighted by Gasteiger charge is 2.39. The Bertz CT molecular complexity index is 992. The highest BCUT2D eigenvalue weighted by atomic mass is 16.5. The van der Waals surface area contributed by atoms with E-state index >= 15 is 0 Å². The Morgan fingerprint density at radius 3 is 2.52 bits per heavy atom. The second-order valence-corrected chi connectivity index (χ2v) is 9.04. The van der Waals surface area contributed by atoms with Gasteiger partial charge in [-0.25, -0.2) is 5.48 Å². The van der Waals surface area contributed by atoms with Crippen molar-refractivity contribution in [3.05, 3.63) is 65.2 Å². The van der Waals surface area contributed by atoms with E-state index in [0.29, 0.717) is 12.0 Å². The van der Waals surface area contributed by atoms with Gasteiger partial charge in [-0.05, 0) is 48.1 Å². The molecule has 0 aliphatic heterocycles. The normalized spacial score (nSPS) is 21.9. The number of carbonyl (C=O) groups excluding carboxylic acids is 2. The molecule has 2 aliphatic rings. The summed E-state index contributed by atoms with van der Waals surface area (Å²) in [6.45, 7) is 0. The number of benzene rings is 2. The third-order valence-electron chi connectivity index (χ3n) is 6.77. The average Bonchev–Trinajstić information content (AvgIpc) is 3.43. The molecule has 0 bridgehead atoms. The van der Waals surface area contributed by atoms with Crippen LogP contribution in [0, 0.1) is 5.92 Å². The van der Waals surface area contributed by atoms with Gasteiger partial charge in [0.25, 0.3) is 5.91 Å². The summed E-state index contributed by atoms with van der Waals surface area (Å²) in [5, 5.41) is 36.2. The van der Waals surface area contributed by atoms with E-state index < -0.39 is 35.9 Å². The third kappa shape index (κ3) is 5.35. The van der Waals surface area contributed by atoms with Crippen LogP contribution in [0.1, 0.15) is 48.4 Å². The van der Waals surface area contributed by atoms with Crippen LogP contribution >= 0.6 is 0 Å². The number of carbonyl (C=O) groups is 2. The number of nitrogens with one attached hydrogen (secondary N) is 3. The van der Waals surface area contributed by atoms with Gasteiger partial charge in [0.15, 0.2) is 0 Å². The molecule has 4 atom stereocenters. The van der Waals surface area contributed by atoms with Crippen LogP contribution in [0.5, 0.6) is 5.75 Å². The minimum atomic E-state index is -0.978. The molecule has 2 aliphatic carbocycles. The van der Waals surface area contributed by atoms with Crippen molar-refractivity contribution < 1.29 is 25.0 Å². The van der Waals surface area contributed by atoms with Crippen LogP contribution in [0.4, 0.5) is 0 Å². The predicted octanol–water partition coefficient (Wildman–Crippen LogP) is 1.73. The molecule has 2 aromatic carbocycles. The summed E-state index contributed by atoms with van der Waals surface area (Å²) >= 11 is 0. The Morgan fingerprint density at radius 2 is 1.79 bits per heavy atom. The van der Waals surface area contributed by atoms with Crippen LogP contribution in [0.2, 0.25) is 0 Å². The fourth-order valence-electron chi connectivity index (χ4n) is 5.10. The Kier molecular flexibility index (Phi) is 7.27. The van der Waals surface area contributed by atoms with E-state index in [0.717, 1.165) is 36.8 Å². The number of aromatic hydroxyl groups is 1. The van der Waals surface area contributed by atoms with Crippen molar-refractivity contribution >= 4 is 11.8 Å². The van der Waals surface area contributed by atoms with Crippen LogP contribution in [0.15, 0.2) is 48.5 Å². The number of aliphatic hydroxyl groups excluding tert-OH is 1. The first-order valence-corrected chi connectivity index (χ1v) is 11.5. The first-order chi connectivity index (χ1) is 16.0. The molecule has 0 unspecified atom stereocenters. The van der Waals surface area contributed by atoms with E-state index in [9.17, 15) is 25.0 Å². The monoisotopic (exact) mass is 453 g/mol. The Morgan fingerprint density at radius 1 is 1.03 bits per heavy atom. The van der Waals surface area contributed by atoms with Crippen LogP contribution in [-0.2, 0) is 22.4 Å². The first-order valence-electron chi connectivity index (χ1n) is 11.5. The lowest BCUT2D eigenvalue weighted by molar-refractivity contribution is -0.138. The average molecular weight is 454 g/mol. The molecule has 0 spiro atoms. The molecule has 0 saturated heterocycles. The maximum Gasteiger partial charge on any atom is 0.261 e. The molecule has 33 heavy (non-hydrogen) atoms. The van der Waals surface area contributed by atoms with Crippen molar-refractivity contribution in [3.8, 4) is 5.75 Å². The lowest BCUT2D eigenvalue weighted by atomic mass is 9.89. The summed E-state index contributed by atoms with van der Waals surface area (Å²) in [6, 6.07) is 12.7. The Balaban J connectivity index is 1.61. The summed E-state index contributed by atoms with van der Waals surface area (Å²) in [5.41, 5.74) is 4.24. The Labute approximate surface area is 193 Å². The largest absolute Gasteiger partial charge is 0.508 e. The first kappa shape index (κ1) is 23.2. The number of aliphatic hydroxyl groups is 1. The van der Waals surface area contributed by atoms with Crippen molar-refractivity contribution in [3.63, 3.8) is 0 Å². The van der Waals surface area contributed by atoms with E-state index in [4.69, 9.17) is 0 Å². The van der Waals surface area contributed by atoms with Gasteiger partial charge in [0.1, 0.15) is 11.8 Å². The predicted molar refractivity (Wildman–Crippen MR) is 121 cm³/mol. The number of hydroxylamine groups is 1. The molecule has 4 rings (SSSR count). The fraction of sp³-hybridized carbons (Fsp3) is 0.440. The van der Waals surface area contributed by atoms with E-state index in [-0.39, 0.29) is 18.2 Å². The third-order valence-corrected chi connectivity index (χ3v) is 6.77. The molecule has 8 heteroatoms. The Hall–Kier alpha value is -2.94. The molecule has 2 aromatic rings. The highest BCUT2D eigenvalue weighted by Crippen LogP contribution is 2.32. The van der Waals surface area contributed by atoms with Crippen molar-refractivity contribution in [1.82, 2.24) is 16.1 Å². The topological polar surface area (TPSA) is 131 Å². The molecule has 0 aromatic heterocycles. The van der Waals surface area contributed by atoms with Crippen molar-refractivity contribution in [2.75, 3.05) is 0 Å². The zero-order valence-corrected chi connectivity index (χ0v) is 18.4. The molecular weight excluding hydrogens is 422 g/mol. The SMILES string of the molecule is O=C(NO)[C@@H](NC1CCCC1)[C@@H](Cc1cccc(O)c1)C(=O)N[C@H]1c2ccccc2C[C@H]1O. The van der Waals surface area contributed by atoms with Gasteiger partial charge in [-0.15, -0.1) is 0 Å². The summed E-state index contributed by atoms with van der Waals surface area (Å²) < 4.78 is 0. The van der Waals surface area contributed by atoms with E-state index in [1.54, 1.807) is 29.7 Å². The maximum atomic E-state index is 13.6. The molecule has 1 fully saturated rings. The number of hydrogen-bond acceptors (Lipinski definition) is 6. The van der Waals surface area contributed by atoms with Crippen LogP contribution < -0.4 is 16.1 Å². The summed E-state index contributed by atoms with van der Waals surface area (Å²) in [4.78, 5) is 26.3. The van der Waals surface area contributed by atoms with Gasteiger partial charge in [0.2, 0.25) is 5.91 Å². The summed E-state index contributed by atoms with van der Waals surface area (Å²) in [7, 11) is 0. The number of fused-ring (bicyclic) bond motifs is 1. The molecule has 1 saturated carbocycles. The minimum absolute atomic E-state index is 0.0683. The number of rotatable bonds is 8. The molecule has 8 nitrogen and oxygen atoms in total. The minimum Gasteiger partial charge on any atom is -0.508 e. The van der Waals surface area contributed by atoms with Crippen LogP contribution in [-0.4, -0.2) is 45.4 Å². The number of phenols is 1. The van der Waals surface area contributed by atoms with Gasteiger partial charge < -0.3 is 20.8 Å². The maximum absolute atomic E-state index is 13.6. The molecule has 6 N–H and O–H groups in total. The fourth-order valence-corrected chi connectivity index (χ4v) is 5.10. The van der Waals surface area contributed by atoms with Crippen LogP contribution in [0.25, 0.3) is 0 Å². The molecule has 0 heterocycles. The van der Waals surface area contributed by atoms with Gasteiger partial charge in [0, 0.05) is 12.5 Å². The van der Waals surface area contributed by atoms with Crippen molar-refractivity contribution in [2.24, 2.45) is 5.92 Å². The van der Waals surface area contributed by atoms with Gasteiger partial charge in [-0.2, -0.15) is 0 Å². The molecule has 2 amide bonds. The zero-order valence-electron chi connectivity index (χ0n) is 18.4. The lowest BCUT2D eigenvalue weighted by Crippen LogP contribution is -2.56. The molecule has 176 valence electrons. The summed E-state index contributed by atoms with van der Waals surface area (Å²) in [5.74, 6) is -1.90. The molecule has 0 radical (unpaired) electrons. The number of amides is 2. The second kappa shape index (κ2) is 10.3. The number of hydrogen-bond donors (Lipinski definition) is 6. The van der Waals surface area contributed by atoms with E-state index in [1.807, 2.05) is 24.3 Å². The second-order valence-electron chi connectivity index (χ2n) is 9.04. The zero-order chi connectivity index (χ0) is 23.4. The molecular formula is C25H31N3O5. The van der Waals surface area contributed by atoms with E-state index in [1.165, 1.54) is 0 Å². The lowest BCUT2D eigenvalue weighted by Gasteiger charge is -2.30. The summed E-state index contributed by atoms with van der Waals surface area (Å²) in [6.07, 6.45) is 3.72. The van der Waals surface area contributed by atoms with Crippen LogP contribution in [0.3, 0.4) is 0 Å². The quantitative estimate of drug-likeness (QED) is 0.267. The van der Waals surface area contributed by atoms with E-state index in [2.05, 4.69) is 10.6 Å². The smallest absolute Gasteiger partial charge is 0.261 e. The number of phenolic OH excluding ortho intramolecular Hbond substituents is 1. The van der Waals surface area contributed by atoms with Crippen molar-refractivity contribution in [2.45, 2.75) is 62.8 Å². The standard InChI is InChI=1S/C25H31N3O5/c29-18-10-5-6-15(12-18)13-20(23(25(32)28-33)26-17-8-2-3-9-17)24(31)27-22-19-11-4-1-7-16(19)14-21(22)30/h1,4-7,10-12,17,20-23,26,29-30,33H,2-3,8-9,13-14H2,(H,27,31)(H,28,32)/t20-,21-,22+,23+/m1/s1. The van der Waals surface area contributed by atoms with Gasteiger partial charge in [-0.3, -0.25) is 14.8 Å². The van der Waals surface area contributed by atoms with Gasteiger partial charge >= 0.3 is 0 Å².